The molecule has 0 aromatic heterocycles. The molecule has 0 aliphatic carbocycles. The van der Waals surface area contributed by atoms with Crippen LogP contribution in [0.4, 0.5) is 18.0 Å². The van der Waals surface area contributed by atoms with Gasteiger partial charge in [-0.15, -0.1) is 0 Å². The normalized spacial score (nSPS) is 17.3. The van der Waals surface area contributed by atoms with Crippen LogP contribution in [0.3, 0.4) is 0 Å². The van der Waals surface area contributed by atoms with Gasteiger partial charge in [0.2, 0.25) is 0 Å². The van der Waals surface area contributed by atoms with Crippen LogP contribution < -0.4 is 0 Å². The number of ether oxygens (including phenoxy) is 1. The minimum absolute atomic E-state index is 0.227. The Morgan fingerprint density at radius 3 is 2.19 bits per heavy atom. The number of hydrogen-bond donors (Lipinski definition) is 0. The molecule has 8 heteroatoms. The molecular formula is C13H24F3N3O2. The van der Waals surface area contributed by atoms with Gasteiger partial charge < -0.3 is 14.5 Å². The first kappa shape index (κ1) is 18.0. The van der Waals surface area contributed by atoms with Crippen LogP contribution in [0.2, 0.25) is 0 Å². The van der Waals surface area contributed by atoms with Gasteiger partial charge in [-0.25, -0.2) is 4.79 Å². The lowest BCUT2D eigenvalue weighted by Gasteiger charge is -2.34. The van der Waals surface area contributed by atoms with Crippen LogP contribution in [0, 0.1) is 0 Å². The van der Waals surface area contributed by atoms with Crippen LogP contribution in [0.1, 0.15) is 13.8 Å². The summed E-state index contributed by atoms with van der Waals surface area (Å²) in [4.78, 5) is 16.7. The number of carbonyl (C=O) groups excluding carboxylic acids is 1. The van der Waals surface area contributed by atoms with Gasteiger partial charge in [0, 0.05) is 32.7 Å². The number of hydrogen-bond acceptors (Lipinski definition) is 4. The Bertz CT molecular complexity index is 314. The van der Waals surface area contributed by atoms with Crippen molar-refractivity contribution in [3.63, 3.8) is 0 Å². The lowest BCUT2D eigenvalue weighted by atomic mass is 10.3. The van der Waals surface area contributed by atoms with E-state index in [-0.39, 0.29) is 26.2 Å². The highest BCUT2D eigenvalue weighted by molar-refractivity contribution is 5.67. The van der Waals surface area contributed by atoms with Gasteiger partial charge in [0.25, 0.3) is 0 Å². The van der Waals surface area contributed by atoms with Gasteiger partial charge in [-0.05, 0) is 13.1 Å². The zero-order chi connectivity index (χ0) is 15.9. The van der Waals surface area contributed by atoms with Crippen LogP contribution in [0.15, 0.2) is 0 Å². The quantitative estimate of drug-likeness (QED) is 0.747. The Morgan fingerprint density at radius 1 is 1.14 bits per heavy atom. The van der Waals surface area contributed by atoms with Gasteiger partial charge in [0.1, 0.15) is 6.61 Å². The highest BCUT2D eigenvalue weighted by Gasteiger charge is 2.33. The van der Waals surface area contributed by atoms with Crippen molar-refractivity contribution in [3.05, 3.63) is 0 Å². The highest BCUT2D eigenvalue weighted by atomic mass is 19.4. The second-order valence-corrected chi connectivity index (χ2v) is 5.02. The smallest absolute Gasteiger partial charge is 0.409 e. The van der Waals surface area contributed by atoms with E-state index >= 15 is 0 Å². The summed E-state index contributed by atoms with van der Waals surface area (Å²) < 4.78 is 41.9. The molecule has 1 rings (SSSR count). The fourth-order valence-electron chi connectivity index (χ4n) is 2.24. The van der Waals surface area contributed by atoms with Gasteiger partial charge >= 0.3 is 12.3 Å². The average Bonchev–Trinajstić information content (AvgIpc) is 2.42. The van der Waals surface area contributed by atoms with E-state index in [4.69, 9.17) is 4.74 Å². The van der Waals surface area contributed by atoms with Crippen molar-refractivity contribution in [1.29, 1.82) is 0 Å². The molecule has 1 aliphatic heterocycles. The molecule has 124 valence electrons. The summed E-state index contributed by atoms with van der Waals surface area (Å²) >= 11 is 0. The third kappa shape index (κ3) is 6.99. The molecule has 0 saturated carbocycles. The number of carbonyl (C=O) groups is 1. The van der Waals surface area contributed by atoms with E-state index in [1.54, 1.807) is 0 Å². The Balaban J connectivity index is 2.23. The first-order valence-corrected chi connectivity index (χ1v) is 7.29. The van der Waals surface area contributed by atoms with Crippen molar-refractivity contribution in [3.8, 4) is 0 Å². The summed E-state index contributed by atoms with van der Waals surface area (Å²) in [6.07, 6.45) is -4.62. The number of piperazine rings is 1. The molecule has 0 unspecified atom stereocenters. The summed E-state index contributed by atoms with van der Waals surface area (Å²) in [6, 6.07) is 0. The van der Waals surface area contributed by atoms with E-state index in [0.717, 1.165) is 13.1 Å². The van der Waals surface area contributed by atoms with Gasteiger partial charge in [-0.1, -0.05) is 13.8 Å². The van der Waals surface area contributed by atoms with Crippen molar-refractivity contribution < 1.29 is 22.7 Å². The number of nitrogens with zero attached hydrogens (tertiary/aromatic N) is 3. The Kier molecular flexibility index (Phi) is 7.24. The minimum atomic E-state index is -4.19. The molecule has 1 amide bonds. The lowest BCUT2D eigenvalue weighted by molar-refractivity contribution is -0.148. The molecule has 0 radical (unpaired) electrons. The van der Waals surface area contributed by atoms with E-state index in [1.165, 1.54) is 9.80 Å². The Labute approximate surface area is 123 Å². The van der Waals surface area contributed by atoms with E-state index in [0.29, 0.717) is 13.2 Å². The van der Waals surface area contributed by atoms with Crippen LogP contribution in [-0.2, 0) is 4.74 Å². The van der Waals surface area contributed by atoms with E-state index in [9.17, 15) is 18.0 Å². The van der Waals surface area contributed by atoms with Crippen molar-refractivity contribution in [2.24, 2.45) is 0 Å². The summed E-state index contributed by atoms with van der Waals surface area (Å²) in [7, 11) is 0. The van der Waals surface area contributed by atoms with Crippen molar-refractivity contribution in [2.45, 2.75) is 20.0 Å². The van der Waals surface area contributed by atoms with E-state index in [1.807, 2.05) is 13.8 Å². The molecule has 5 nitrogen and oxygen atoms in total. The predicted octanol–water partition coefficient (Wildman–Crippen LogP) is 1.64. The Morgan fingerprint density at radius 2 is 1.71 bits per heavy atom. The molecule has 0 bridgehead atoms. The second kappa shape index (κ2) is 8.43. The molecule has 0 spiro atoms. The number of alkyl halides is 3. The van der Waals surface area contributed by atoms with Crippen molar-refractivity contribution in [1.82, 2.24) is 14.7 Å². The third-order valence-electron chi connectivity index (χ3n) is 3.56. The first-order valence-electron chi connectivity index (χ1n) is 7.29. The predicted molar refractivity (Wildman–Crippen MR) is 73.2 cm³/mol. The SMILES string of the molecule is CCN(CC)CCOC(=O)N1CCN(CC(F)(F)F)CC1. The number of halogens is 3. The standard InChI is InChI=1S/C13H24F3N3O2/c1-3-17(4-2)9-10-21-12(20)19-7-5-18(6-8-19)11-13(14,15)16/h3-11H2,1-2H3. The Hall–Kier alpha value is -1.02. The van der Waals surface area contributed by atoms with Crippen LogP contribution in [0.25, 0.3) is 0 Å². The molecular weight excluding hydrogens is 287 g/mol. The maximum atomic E-state index is 12.3. The van der Waals surface area contributed by atoms with Crippen LogP contribution in [0.5, 0.6) is 0 Å². The largest absolute Gasteiger partial charge is 0.448 e. The minimum Gasteiger partial charge on any atom is -0.448 e. The average molecular weight is 311 g/mol. The molecule has 21 heavy (non-hydrogen) atoms. The first-order chi connectivity index (χ1) is 9.85. The topological polar surface area (TPSA) is 36.0 Å². The fraction of sp³-hybridized carbons (Fsp3) is 0.923. The molecule has 1 aliphatic rings. The number of amides is 1. The van der Waals surface area contributed by atoms with Crippen molar-refractivity contribution >= 4 is 6.09 Å². The fourth-order valence-corrected chi connectivity index (χ4v) is 2.24. The van der Waals surface area contributed by atoms with Gasteiger partial charge in [-0.3, -0.25) is 4.90 Å². The van der Waals surface area contributed by atoms with Crippen LogP contribution in [-0.4, -0.2) is 85.9 Å². The summed E-state index contributed by atoms with van der Waals surface area (Å²) in [5, 5.41) is 0. The maximum Gasteiger partial charge on any atom is 0.409 e. The highest BCUT2D eigenvalue weighted by Crippen LogP contribution is 2.17. The van der Waals surface area contributed by atoms with E-state index in [2.05, 4.69) is 4.90 Å². The van der Waals surface area contributed by atoms with Gasteiger partial charge in [-0.2, -0.15) is 13.2 Å². The zero-order valence-corrected chi connectivity index (χ0v) is 12.7. The molecule has 1 heterocycles. The van der Waals surface area contributed by atoms with Crippen molar-refractivity contribution in [2.75, 3.05) is 59.0 Å². The molecule has 1 fully saturated rings. The lowest BCUT2D eigenvalue weighted by Crippen LogP contribution is -2.51. The molecule has 0 aromatic rings. The second-order valence-electron chi connectivity index (χ2n) is 5.02. The zero-order valence-electron chi connectivity index (χ0n) is 12.7. The molecule has 1 saturated heterocycles. The van der Waals surface area contributed by atoms with Crippen LogP contribution >= 0.6 is 0 Å². The maximum absolute atomic E-state index is 12.3. The number of rotatable bonds is 6. The van der Waals surface area contributed by atoms with E-state index < -0.39 is 18.8 Å². The summed E-state index contributed by atoms with van der Waals surface area (Å²) in [6.45, 7) is 6.92. The third-order valence-corrected chi connectivity index (χ3v) is 3.56. The number of likely N-dealkylation sites (N-methyl/N-ethyl adjacent to an activating group) is 1. The molecule has 0 atom stereocenters. The van der Waals surface area contributed by atoms with Gasteiger partial charge in [0.05, 0.1) is 6.54 Å². The van der Waals surface area contributed by atoms with Gasteiger partial charge in [0.15, 0.2) is 0 Å². The monoisotopic (exact) mass is 311 g/mol. The summed E-state index contributed by atoms with van der Waals surface area (Å²) in [5.74, 6) is 0. The molecule has 0 aromatic carbocycles. The summed E-state index contributed by atoms with van der Waals surface area (Å²) in [5.41, 5.74) is 0. The molecule has 0 N–H and O–H groups in total.